The predicted octanol–water partition coefficient (Wildman–Crippen LogP) is 3.89. The molecule has 0 saturated carbocycles. The number of pyridine rings is 1. The van der Waals surface area contributed by atoms with Crippen LogP contribution in [0.3, 0.4) is 0 Å². The monoisotopic (exact) mass is 448 g/mol. The number of nitrogens with one attached hydrogen (secondary N) is 1. The van der Waals surface area contributed by atoms with Crippen molar-refractivity contribution in [1.29, 1.82) is 0 Å². The molecule has 0 aliphatic heterocycles. The number of para-hydroxylation sites is 1. The van der Waals surface area contributed by atoms with E-state index in [0.29, 0.717) is 30.8 Å². The van der Waals surface area contributed by atoms with Gasteiger partial charge in [-0.3, -0.25) is 13.9 Å². The van der Waals surface area contributed by atoms with Gasteiger partial charge in [0.05, 0.1) is 17.1 Å². The van der Waals surface area contributed by atoms with Gasteiger partial charge < -0.3 is 5.32 Å². The molecule has 1 amide bonds. The van der Waals surface area contributed by atoms with Crippen LogP contribution in [0.4, 0.5) is 4.39 Å². The first-order valence-electron chi connectivity index (χ1n) is 10.1. The van der Waals surface area contributed by atoms with Gasteiger partial charge in [-0.05, 0) is 35.9 Å². The van der Waals surface area contributed by atoms with Gasteiger partial charge in [-0.2, -0.15) is 5.10 Å². The number of amides is 1. The van der Waals surface area contributed by atoms with Gasteiger partial charge in [0.15, 0.2) is 11.3 Å². The van der Waals surface area contributed by atoms with Crippen molar-refractivity contribution >= 4 is 34.1 Å². The van der Waals surface area contributed by atoms with Crippen LogP contribution in [0, 0.1) is 5.82 Å². The van der Waals surface area contributed by atoms with E-state index in [1.54, 1.807) is 10.7 Å². The molecule has 1 N–H and O–H groups in total. The van der Waals surface area contributed by atoms with Crippen LogP contribution >= 0.6 is 11.6 Å². The summed E-state index contributed by atoms with van der Waals surface area (Å²) in [5, 5.41) is 16.5. The number of hydrogen-bond donors (Lipinski definition) is 1. The Kier molecular flexibility index (Phi) is 5.28. The second kappa shape index (κ2) is 8.39. The van der Waals surface area contributed by atoms with E-state index < -0.39 is 5.82 Å². The van der Waals surface area contributed by atoms with Crippen LogP contribution in [0.5, 0.6) is 0 Å². The summed E-state index contributed by atoms with van der Waals surface area (Å²) in [7, 11) is 0. The standard InChI is InChI=1S/C23H18ClFN6O/c24-17-9-8-15(13-18(17)25)14-31-19-6-2-1-5-16(19)22(29-31)23(32)26-11-10-21-28-27-20-7-3-4-12-30(20)21/h1-9,12-13H,10-11,14H2,(H,26,32). The molecule has 0 bridgehead atoms. The van der Waals surface area contributed by atoms with Gasteiger partial charge in [0.2, 0.25) is 0 Å². The van der Waals surface area contributed by atoms with Crippen molar-refractivity contribution in [3.05, 3.63) is 94.8 Å². The van der Waals surface area contributed by atoms with Crippen molar-refractivity contribution in [2.45, 2.75) is 13.0 Å². The van der Waals surface area contributed by atoms with Crippen molar-refractivity contribution in [3.8, 4) is 0 Å². The average Bonchev–Trinajstić information content (AvgIpc) is 3.38. The number of hydrogen-bond acceptors (Lipinski definition) is 4. The minimum absolute atomic E-state index is 0.0691. The van der Waals surface area contributed by atoms with Crippen molar-refractivity contribution in [1.82, 2.24) is 29.7 Å². The SMILES string of the molecule is O=C(NCCc1nnc2ccccn12)c1nn(Cc2ccc(Cl)c(F)c2)c2ccccc12. The Morgan fingerprint density at radius 3 is 2.78 bits per heavy atom. The Morgan fingerprint density at radius 2 is 1.91 bits per heavy atom. The van der Waals surface area contributed by atoms with E-state index >= 15 is 0 Å². The van der Waals surface area contributed by atoms with Crippen molar-refractivity contribution < 1.29 is 9.18 Å². The van der Waals surface area contributed by atoms with Gasteiger partial charge in [-0.25, -0.2) is 4.39 Å². The van der Waals surface area contributed by atoms with Crippen LogP contribution < -0.4 is 5.32 Å². The first-order chi connectivity index (χ1) is 15.6. The van der Waals surface area contributed by atoms with E-state index in [-0.39, 0.29) is 10.9 Å². The number of aromatic nitrogens is 5. The topological polar surface area (TPSA) is 77.1 Å². The number of carbonyl (C=O) groups is 1. The van der Waals surface area contributed by atoms with Gasteiger partial charge in [0.25, 0.3) is 5.91 Å². The zero-order valence-corrected chi connectivity index (χ0v) is 17.6. The third-order valence-corrected chi connectivity index (χ3v) is 5.51. The number of halogens is 2. The molecule has 5 aromatic rings. The Morgan fingerprint density at radius 1 is 1.06 bits per heavy atom. The maximum Gasteiger partial charge on any atom is 0.272 e. The van der Waals surface area contributed by atoms with E-state index in [1.165, 1.54) is 12.1 Å². The fourth-order valence-corrected chi connectivity index (χ4v) is 3.78. The zero-order valence-electron chi connectivity index (χ0n) is 16.9. The number of rotatable bonds is 6. The molecule has 0 unspecified atom stereocenters. The molecule has 0 aliphatic rings. The van der Waals surface area contributed by atoms with Gasteiger partial charge in [-0.15, -0.1) is 10.2 Å². The maximum atomic E-state index is 13.8. The Labute approximate surface area is 187 Å². The summed E-state index contributed by atoms with van der Waals surface area (Å²) in [5.74, 6) is -0.00305. The molecule has 9 heteroatoms. The van der Waals surface area contributed by atoms with Gasteiger partial charge in [0.1, 0.15) is 11.6 Å². The summed E-state index contributed by atoms with van der Waals surface area (Å²) >= 11 is 5.78. The molecule has 0 atom stereocenters. The summed E-state index contributed by atoms with van der Waals surface area (Å²) < 4.78 is 17.4. The Hall–Kier alpha value is -3.78. The smallest absolute Gasteiger partial charge is 0.272 e. The van der Waals surface area contributed by atoms with Crippen molar-refractivity contribution in [3.63, 3.8) is 0 Å². The molecule has 32 heavy (non-hydrogen) atoms. The summed E-state index contributed by atoms with van der Waals surface area (Å²) in [6.07, 6.45) is 2.42. The van der Waals surface area contributed by atoms with E-state index in [2.05, 4.69) is 20.6 Å². The highest BCUT2D eigenvalue weighted by molar-refractivity contribution is 6.30. The predicted molar refractivity (Wildman–Crippen MR) is 119 cm³/mol. The third kappa shape index (κ3) is 3.80. The lowest BCUT2D eigenvalue weighted by atomic mass is 10.2. The summed E-state index contributed by atoms with van der Waals surface area (Å²) in [5.41, 5.74) is 2.57. The quantitative estimate of drug-likeness (QED) is 0.427. The van der Waals surface area contributed by atoms with Crippen LogP contribution in [0.2, 0.25) is 5.02 Å². The highest BCUT2D eigenvalue weighted by Gasteiger charge is 2.17. The molecular weight excluding hydrogens is 431 g/mol. The number of carbonyl (C=O) groups excluding carboxylic acids is 1. The Balaban J connectivity index is 1.35. The fraction of sp³-hybridized carbons (Fsp3) is 0.130. The molecule has 2 aromatic carbocycles. The number of fused-ring (bicyclic) bond motifs is 2. The lowest BCUT2D eigenvalue weighted by molar-refractivity contribution is 0.0949. The Bertz CT molecular complexity index is 1440. The molecule has 0 fully saturated rings. The van der Waals surface area contributed by atoms with E-state index in [4.69, 9.17) is 11.6 Å². The minimum Gasteiger partial charge on any atom is -0.350 e. The number of nitrogens with zero attached hydrogens (tertiary/aromatic N) is 5. The molecule has 0 aliphatic carbocycles. The lowest BCUT2D eigenvalue weighted by Crippen LogP contribution is -2.27. The molecule has 0 spiro atoms. The van der Waals surface area contributed by atoms with Gasteiger partial charge in [-0.1, -0.05) is 41.9 Å². The van der Waals surface area contributed by atoms with E-state index in [1.807, 2.05) is 53.1 Å². The minimum atomic E-state index is -0.486. The largest absolute Gasteiger partial charge is 0.350 e. The maximum absolute atomic E-state index is 13.8. The highest BCUT2D eigenvalue weighted by Crippen LogP contribution is 2.21. The van der Waals surface area contributed by atoms with Crippen LogP contribution in [0.15, 0.2) is 66.9 Å². The second-order valence-electron chi connectivity index (χ2n) is 7.32. The van der Waals surface area contributed by atoms with Crippen molar-refractivity contribution in [2.24, 2.45) is 0 Å². The molecule has 160 valence electrons. The third-order valence-electron chi connectivity index (χ3n) is 5.21. The molecule has 0 saturated heterocycles. The summed E-state index contributed by atoms with van der Waals surface area (Å²) in [6.45, 7) is 0.700. The van der Waals surface area contributed by atoms with Crippen LogP contribution in [-0.2, 0) is 13.0 Å². The molecule has 3 aromatic heterocycles. The van der Waals surface area contributed by atoms with Crippen LogP contribution in [0.25, 0.3) is 16.6 Å². The van der Waals surface area contributed by atoms with Gasteiger partial charge >= 0.3 is 0 Å². The zero-order chi connectivity index (χ0) is 22.1. The fourth-order valence-electron chi connectivity index (χ4n) is 3.66. The van der Waals surface area contributed by atoms with E-state index in [9.17, 15) is 9.18 Å². The summed E-state index contributed by atoms with van der Waals surface area (Å²) in [6, 6.07) is 17.8. The van der Waals surface area contributed by atoms with Crippen molar-refractivity contribution in [2.75, 3.05) is 6.54 Å². The molecular formula is C23H18ClFN6O. The molecule has 0 radical (unpaired) electrons. The second-order valence-corrected chi connectivity index (χ2v) is 7.73. The average molecular weight is 449 g/mol. The highest BCUT2D eigenvalue weighted by atomic mass is 35.5. The van der Waals surface area contributed by atoms with Gasteiger partial charge in [0, 0.05) is 24.5 Å². The first kappa shape index (κ1) is 20.1. The molecule has 5 rings (SSSR count). The van der Waals surface area contributed by atoms with E-state index in [0.717, 1.165) is 22.4 Å². The van der Waals surface area contributed by atoms with Crippen LogP contribution in [-0.4, -0.2) is 36.8 Å². The molecule has 7 nitrogen and oxygen atoms in total. The lowest BCUT2D eigenvalue weighted by Gasteiger charge is -2.05. The van der Waals surface area contributed by atoms with Crippen LogP contribution in [0.1, 0.15) is 21.9 Å². The summed E-state index contributed by atoms with van der Waals surface area (Å²) in [4.78, 5) is 12.9. The normalized spacial score (nSPS) is 11.3. The molecule has 3 heterocycles. The number of benzene rings is 2. The first-order valence-corrected chi connectivity index (χ1v) is 10.4.